The van der Waals surface area contributed by atoms with Crippen LogP contribution in [-0.4, -0.2) is 17.9 Å². The Labute approximate surface area is 88.1 Å². The molecule has 15 heavy (non-hydrogen) atoms. The van der Waals surface area contributed by atoms with Gasteiger partial charge in [0.15, 0.2) is 0 Å². The number of aromatic nitrogens is 1. The lowest BCUT2D eigenvalue weighted by molar-refractivity contribution is -0.119. The standard InChI is InChI=1S/C12H12N2O/c1-13-12(15)8-9-4-5-10-3-2-6-14-11(10)7-9/h2-7H,8H2,1H3,(H,13,15). The van der Waals surface area contributed by atoms with E-state index in [0.29, 0.717) is 6.42 Å². The summed E-state index contributed by atoms with van der Waals surface area (Å²) in [7, 11) is 1.64. The maximum absolute atomic E-state index is 11.2. The Hall–Kier alpha value is -1.90. The molecule has 1 aromatic heterocycles. The molecule has 0 aliphatic heterocycles. The van der Waals surface area contributed by atoms with Gasteiger partial charge >= 0.3 is 0 Å². The Morgan fingerprint density at radius 2 is 2.27 bits per heavy atom. The summed E-state index contributed by atoms with van der Waals surface area (Å²) in [4.78, 5) is 15.4. The Kier molecular flexibility index (Phi) is 2.63. The van der Waals surface area contributed by atoms with Gasteiger partial charge in [0.25, 0.3) is 0 Å². The number of pyridine rings is 1. The Morgan fingerprint density at radius 1 is 1.40 bits per heavy atom. The molecule has 0 fully saturated rings. The summed E-state index contributed by atoms with van der Waals surface area (Å²) in [6.07, 6.45) is 2.16. The number of rotatable bonds is 2. The number of nitrogens with zero attached hydrogens (tertiary/aromatic N) is 1. The lowest BCUT2D eigenvalue weighted by Gasteiger charge is -2.02. The fourth-order valence-corrected chi connectivity index (χ4v) is 1.50. The Bertz CT molecular complexity index is 494. The van der Waals surface area contributed by atoms with Gasteiger partial charge in [-0.2, -0.15) is 0 Å². The predicted molar refractivity (Wildman–Crippen MR) is 59.5 cm³/mol. The Balaban J connectivity index is 2.34. The first-order valence-electron chi connectivity index (χ1n) is 4.84. The number of carbonyl (C=O) groups excluding carboxylic acids is 1. The van der Waals surface area contributed by atoms with Crippen molar-refractivity contribution in [2.45, 2.75) is 6.42 Å². The van der Waals surface area contributed by atoms with Gasteiger partial charge in [-0.15, -0.1) is 0 Å². The topological polar surface area (TPSA) is 42.0 Å². The normalized spacial score (nSPS) is 10.2. The fraction of sp³-hybridized carbons (Fsp3) is 0.167. The van der Waals surface area contributed by atoms with Crippen LogP contribution in [0.25, 0.3) is 10.9 Å². The number of hydrogen-bond donors (Lipinski definition) is 1. The molecule has 3 heteroatoms. The van der Waals surface area contributed by atoms with Crippen LogP contribution >= 0.6 is 0 Å². The van der Waals surface area contributed by atoms with Crippen LogP contribution < -0.4 is 5.32 Å². The van der Waals surface area contributed by atoms with Crippen LogP contribution in [0.3, 0.4) is 0 Å². The molecule has 0 unspecified atom stereocenters. The van der Waals surface area contributed by atoms with Gasteiger partial charge < -0.3 is 5.32 Å². The minimum Gasteiger partial charge on any atom is -0.359 e. The summed E-state index contributed by atoms with van der Waals surface area (Å²) in [5.74, 6) is 0.0188. The molecule has 1 N–H and O–H groups in total. The van der Waals surface area contributed by atoms with Crippen LogP contribution in [0.1, 0.15) is 5.56 Å². The second-order valence-electron chi connectivity index (χ2n) is 3.38. The smallest absolute Gasteiger partial charge is 0.224 e. The van der Waals surface area contributed by atoms with Crippen molar-refractivity contribution in [2.24, 2.45) is 0 Å². The average Bonchev–Trinajstić information content (AvgIpc) is 2.29. The molecular formula is C12H12N2O. The number of fused-ring (bicyclic) bond motifs is 1. The molecule has 0 saturated carbocycles. The zero-order chi connectivity index (χ0) is 10.7. The first kappa shape index (κ1) is 9.65. The summed E-state index contributed by atoms with van der Waals surface area (Å²) in [6.45, 7) is 0. The molecule has 0 radical (unpaired) electrons. The van der Waals surface area contributed by atoms with Crippen LogP contribution in [0, 0.1) is 0 Å². The van der Waals surface area contributed by atoms with Crippen LogP contribution in [0.15, 0.2) is 36.5 Å². The van der Waals surface area contributed by atoms with Crippen molar-refractivity contribution < 1.29 is 4.79 Å². The molecule has 0 atom stereocenters. The van der Waals surface area contributed by atoms with Gasteiger partial charge in [-0.3, -0.25) is 9.78 Å². The lowest BCUT2D eigenvalue weighted by atomic mass is 10.1. The minimum absolute atomic E-state index is 0.0188. The van der Waals surface area contributed by atoms with E-state index in [0.717, 1.165) is 16.5 Å². The summed E-state index contributed by atoms with van der Waals surface area (Å²) in [5, 5.41) is 3.70. The number of nitrogens with one attached hydrogen (secondary N) is 1. The monoisotopic (exact) mass is 200 g/mol. The second-order valence-corrected chi connectivity index (χ2v) is 3.38. The highest BCUT2D eigenvalue weighted by Crippen LogP contribution is 2.13. The molecule has 76 valence electrons. The van der Waals surface area contributed by atoms with Crippen molar-refractivity contribution >= 4 is 16.8 Å². The minimum atomic E-state index is 0.0188. The van der Waals surface area contributed by atoms with Gasteiger partial charge in [0.1, 0.15) is 0 Å². The molecule has 1 heterocycles. The van der Waals surface area contributed by atoms with Crippen molar-refractivity contribution in [1.29, 1.82) is 0 Å². The van der Waals surface area contributed by atoms with Gasteiger partial charge in [0.2, 0.25) is 5.91 Å². The molecular weight excluding hydrogens is 188 g/mol. The molecule has 0 aliphatic rings. The van der Waals surface area contributed by atoms with E-state index in [9.17, 15) is 4.79 Å². The van der Waals surface area contributed by atoms with Gasteiger partial charge in [-0.05, 0) is 17.7 Å². The highest BCUT2D eigenvalue weighted by molar-refractivity contribution is 5.82. The van der Waals surface area contributed by atoms with Crippen LogP contribution in [0.5, 0.6) is 0 Å². The van der Waals surface area contributed by atoms with Crippen LogP contribution in [-0.2, 0) is 11.2 Å². The van der Waals surface area contributed by atoms with Crippen molar-refractivity contribution in [3.05, 3.63) is 42.1 Å². The highest BCUT2D eigenvalue weighted by Gasteiger charge is 2.01. The summed E-state index contributed by atoms with van der Waals surface area (Å²) in [5.41, 5.74) is 1.92. The van der Waals surface area contributed by atoms with Gasteiger partial charge in [0, 0.05) is 18.6 Å². The third-order valence-corrected chi connectivity index (χ3v) is 2.31. The van der Waals surface area contributed by atoms with E-state index < -0.39 is 0 Å². The second kappa shape index (κ2) is 4.09. The average molecular weight is 200 g/mol. The molecule has 2 aromatic rings. The third-order valence-electron chi connectivity index (χ3n) is 2.31. The van der Waals surface area contributed by atoms with E-state index in [1.807, 2.05) is 30.3 Å². The zero-order valence-electron chi connectivity index (χ0n) is 8.53. The van der Waals surface area contributed by atoms with Crippen LogP contribution in [0.2, 0.25) is 0 Å². The lowest BCUT2D eigenvalue weighted by Crippen LogP contribution is -2.19. The summed E-state index contributed by atoms with van der Waals surface area (Å²) in [6, 6.07) is 9.80. The van der Waals surface area contributed by atoms with E-state index in [1.165, 1.54) is 0 Å². The van der Waals surface area contributed by atoms with Crippen molar-refractivity contribution in [3.8, 4) is 0 Å². The quantitative estimate of drug-likeness (QED) is 0.798. The first-order chi connectivity index (χ1) is 7.29. The molecule has 2 rings (SSSR count). The molecule has 0 spiro atoms. The van der Waals surface area contributed by atoms with Crippen LogP contribution in [0.4, 0.5) is 0 Å². The number of likely N-dealkylation sites (N-methyl/N-ethyl adjacent to an activating group) is 1. The van der Waals surface area contributed by atoms with E-state index in [1.54, 1.807) is 13.2 Å². The van der Waals surface area contributed by atoms with E-state index in [4.69, 9.17) is 0 Å². The SMILES string of the molecule is CNC(=O)Cc1ccc2cccnc2c1. The summed E-state index contributed by atoms with van der Waals surface area (Å²) < 4.78 is 0. The molecule has 0 aliphatic carbocycles. The molecule has 1 aromatic carbocycles. The maximum atomic E-state index is 11.2. The van der Waals surface area contributed by atoms with E-state index >= 15 is 0 Å². The highest BCUT2D eigenvalue weighted by atomic mass is 16.1. The van der Waals surface area contributed by atoms with Gasteiger partial charge in [-0.1, -0.05) is 18.2 Å². The summed E-state index contributed by atoms with van der Waals surface area (Å²) >= 11 is 0. The zero-order valence-corrected chi connectivity index (χ0v) is 8.53. The third kappa shape index (κ3) is 2.13. The van der Waals surface area contributed by atoms with Crippen molar-refractivity contribution in [1.82, 2.24) is 10.3 Å². The van der Waals surface area contributed by atoms with E-state index in [-0.39, 0.29) is 5.91 Å². The molecule has 0 saturated heterocycles. The molecule has 0 bridgehead atoms. The van der Waals surface area contributed by atoms with Crippen molar-refractivity contribution in [2.75, 3.05) is 7.05 Å². The number of amides is 1. The number of benzene rings is 1. The molecule has 3 nitrogen and oxygen atoms in total. The van der Waals surface area contributed by atoms with Crippen molar-refractivity contribution in [3.63, 3.8) is 0 Å². The first-order valence-corrected chi connectivity index (χ1v) is 4.84. The Morgan fingerprint density at radius 3 is 3.07 bits per heavy atom. The molecule has 1 amide bonds. The van der Waals surface area contributed by atoms with E-state index in [2.05, 4.69) is 10.3 Å². The number of carbonyl (C=O) groups is 1. The maximum Gasteiger partial charge on any atom is 0.224 e. The van der Waals surface area contributed by atoms with Gasteiger partial charge in [-0.25, -0.2) is 0 Å². The largest absolute Gasteiger partial charge is 0.359 e. The fourth-order valence-electron chi connectivity index (χ4n) is 1.50. The van der Waals surface area contributed by atoms with Gasteiger partial charge in [0.05, 0.1) is 11.9 Å². The predicted octanol–water partition coefficient (Wildman–Crippen LogP) is 1.52. The number of hydrogen-bond acceptors (Lipinski definition) is 2.